The fourth-order valence-electron chi connectivity index (χ4n) is 4.00. The number of aromatic nitrogens is 3. The minimum Gasteiger partial charge on any atom is -0.366 e. The molecule has 3 aromatic heterocycles. The van der Waals surface area contributed by atoms with Crippen LogP contribution in [0.3, 0.4) is 0 Å². The van der Waals surface area contributed by atoms with E-state index in [1.165, 1.54) is 0 Å². The minimum atomic E-state index is 0.0170. The number of fused-ring (bicyclic) bond motifs is 2. The van der Waals surface area contributed by atoms with Crippen molar-refractivity contribution < 1.29 is 4.79 Å². The molecule has 2 aliphatic heterocycles. The molecular formula is C22H21N7O. The van der Waals surface area contributed by atoms with Crippen molar-refractivity contribution in [2.45, 2.75) is 0 Å². The normalized spacial score (nSPS) is 16.5. The fourth-order valence-corrected chi connectivity index (χ4v) is 4.00. The van der Waals surface area contributed by atoms with Crippen molar-refractivity contribution in [3.05, 3.63) is 65.1 Å². The number of pyridine rings is 2. The highest BCUT2D eigenvalue weighted by Gasteiger charge is 2.24. The summed E-state index contributed by atoms with van der Waals surface area (Å²) in [5.41, 5.74) is 4.75. The molecule has 2 aliphatic rings. The summed E-state index contributed by atoms with van der Waals surface area (Å²) in [6, 6.07) is 7.97. The van der Waals surface area contributed by atoms with Gasteiger partial charge in [0.2, 0.25) is 0 Å². The average Bonchev–Trinajstić information content (AvgIpc) is 3.21. The zero-order valence-corrected chi connectivity index (χ0v) is 16.7. The first-order chi connectivity index (χ1) is 14.6. The highest BCUT2D eigenvalue weighted by Crippen LogP contribution is 2.32. The summed E-state index contributed by atoms with van der Waals surface area (Å²) in [4.78, 5) is 21.6. The first-order valence-electron chi connectivity index (χ1n) is 9.94. The van der Waals surface area contributed by atoms with Gasteiger partial charge in [0.15, 0.2) is 0 Å². The van der Waals surface area contributed by atoms with Gasteiger partial charge in [-0.2, -0.15) is 10.4 Å². The molecule has 0 atom stereocenters. The Balaban J connectivity index is 1.54. The third-order valence-corrected chi connectivity index (χ3v) is 5.74. The molecule has 0 saturated carbocycles. The number of likely N-dealkylation sites (N-methyl/N-ethyl adjacent to an activating group) is 1. The van der Waals surface area contributed by atoms with Gasteiger partial charge in [0.25, 0.3) is 5.91 Å². The van der Waals surface area contributed by atoms with Crippen LogP contribution in [0.4, 0.5) is 5.82 Å². The summed E-state index contributed by atoms with van der Waals surface area (Å²) in [6.07, 6.45) is 7.17. The summed E-state index contributed by atoms with van der Waals surface area (Å²) in [5.74, 6) is 0.775. The van der Waals surface area contributed by atoms with Crippen molar-refractivity contribution in [3.63, 3.8) is 0 Å². The third-order valence-electron chi connectivity index (χ3n) is 5.74. The number of hydrogen-bond acceptors (Lipinski definition) is 6. The van der Waals surface area contributed by atoms with Gasteiger partial charge in [-0.3, -0.25) is 4.79 Å². The molecule has 1 amide bonds. The SMILES string of the molecule is CN1CCN(C(=O)c2cnn3ccc(C4=CCNc5ncc(C#N)cc54)cc23)CC1. The first-order valence-corrected chi connectivity index (χ1v) is 9.94. The molecule has 0 aliphatic carbocycles. The Bertz CT molecular complexity index is 1210. The Kier molecular flexibility index (Phi) is 4.45. The molecule has 1 fully saturated rings. The van der Waals surface area contributed by atoms with Crippen molar-refractivity contribution in [2.24, 2.45) is 0 Å². The second-order valence-electron chi connectivity index (χ2n) is 7.63. The number of anilines is 1. The van der Waals surface area contributed by atoms with E-state index in [1.54, 1.807) is 16.9 Å². The highest BCUT2D eigenvalue weighted by molar-refractivity contribution is 6.01. The van der Waals surface area contributed by atoms with Crippen LogP contribution in [0.25, 0.3) is 11.1 Å². The topological polar surface area (TPSA) is 89.6 Å². The van der Waals surface area contributed by atoms with Crippen LogP contribution in [0.2, 0.25) is 0 Å². The maximum atomic E-state index is 13.1. The lowest BCUT2D eigenvalue weighted by Gasteiger charge is -2.32. The molecule has 3 aromatic rings. The lowest BCUT2D eigenvalue weighted by Crippen LogP contribution is -2.47. The van der Waals surface area contributed by atoms with Crippen LogP contribution in [0, 0.1) is 11.3 Å². The highest BCUT2D eigenvalue weighted by atomic mass is 16.2. The van der Waals surface area contributed by atoms with Gasteiger partial charge in [-0.25, -0.2) is 9.50 Å². The Morgan fingerprint density at radius 1 is 1.20 bits per heavy atom. The molecular weight excluding hydrogens is 378 g/mol. The van der Waals surface area contributed by atoms with E-state index in [9.17, 15) is 10.1 Å². The molecule has 0 radical (unpaired) electrons. The molecule has 1 N–H and O–H groups in total. The van der Waals surface area contributed by atoms with E-state index < -0.39 is 0 Å². The van der Waals surface area contributed by atoms with Gasteiger partial charge in [0.05, 0.1) is 22.8 Å². The van der Waals surface area contributed by atoms with Crippen molar-refractivity contribution in [2.75, 3.05) is 45.1 Å². The van der Waals surface area contributed by atoms with Gasteiger partial charge in [-0.1, -0.05) is 6.08 Å². The number of rotatable bonds is 2. The molecule has 1 saturated heterocycles. The monoisotopic (exact) mass is 399 g/mol. The first kappa shape index (κ1) is 18.3. The van der Waals surface area contributed by atoms with E-state index >= 15 is 0 Å². The van der Waals surface area contributed by atoms with E-state index in [0.29, 0.717) is 17.7 Å². The Morgan fingerprint density at radius 3 is 2.83 bits per heavy atom. The Morgan fingerprint density at radius 2 is 2.03 bits per heavy atom. The molecule has 0 unspecified atom stereocenters. The third kappa shape index (κ3) is 3.09. The van der Waals surface area contributed by atoms with Crippen LogP contribution in [0.5, 0.6) is 0 Å². The van der Waals surface area contributed by atoms with Crippen LogP contribution in [-0.4, -0.2) is 70.1 Å². The second-order valence-corrected chi connectivity index (χ2v) is 7.63. The lowest BCUT2D eigenvalue weighted by molar-refractivity contribution is 0.0666. The van der Waals surface area contributed by atoms with Crippen molar-refractivity contribution in [1.29, 1.82) is 5.26 Å². The number of hydrogen-bond donors (Lipinski definition) is 1. The Hall–Kier alpha value is -3.70. The number of amides is 1. The molecule has 5 rings (SSSR count). The van der Waals surface area contributed by atoms with Crippen LogP contribution in [0.15, 0.2) is 42.9 Å². The maximum Gasteiger partial charge on any atom is 0.257 e. The van der Waals surface area contributed by atoms with Crippen molar-refractivity contribution in [3.8, 4) is 6.07 Å². The largest absolute Gasteiger partial charge is 0.366 e. The number of nitriles is 1. The number of nitrogens with zero attached hydrogens (tertiary/aromatic N) is 6. The van der Waals surface area contributed by atoms with Gasteiger partial charge in [-0.05, 0) is 36.4 Å². The van der Waals surface area contributed by atoms with Gasteiger partial charge in [0.1, 0.15) is 11.9 Å². The van der Waals surface area contributed by atoms with E-state index in [-0.39, 0.29) is 5.91 Å². The minimum absolute atomic E-state index is 0.0170. The molecule has 30 heavy (non-hydrogen) atoms. The zero-order valence-electron chi connectivity index (χ0n) is 16.7. The van der Waals surface area contributed by atoms with Gasteiger partial charge >= 0.3 is 0 Å². The van der Waals surface area contributed by atoms with Crippen molar-refractivity contribution in [1.82, 2.24) is 24.4 Å². The lowest BCUT2D eigenvalue weighted by atomic mass is 9.95. The molecule has 0 aromatic carbocycles. The predicted molar refractivity (Wildman–Crippen MR) is 113 cm³/mol. The molecule has 0 bridgehead atoms. The van der Waals surface area contributed by atoms with Crippen molar-refractivity contribution >= 4 is 22.8 Å². The van der Waals surface area contributed by atoms with Gasteiger partial charge in [-0.15, -0.1) is 0 Å². The van der Waals surface area contributed by atoms with Crippen LogP contribution < -0.4 is 5.32 Å². The molecule has 150 valence electrons. The van der Waals surface area contributed by atoms with Crippen LogP contribution >= 0.6 is 0 Å². The summed E-state index contributed by atoms with van der Waals surface area (Å²) in [7, 11) is 2.07. The predicted octanol–water partition coefficient (Wildman–Crippen LogP) is 1.85. The number of carbonyl (C=O) groups excluding carboxylic acids is 1. The molecule has 8 nitrogen and oxygen atoms in total. The number of nitrogens with one attached hydrogen (secondary N) is 1. The standard InChI is InChI=1S/C22H21N7O/c1-27-6-8-28(9-7-27)22(30)19-14-26-29-5-3-16(11-20(19)29)17-2-4-24-21-18(17)10-15(12-23)13-25-21/h2-3,5,10-11,13-14H,4,6-9H2,1H3,(H,24,25). The van der Waals surface area contributed by atoms with Crippen LogP contribution in [-0.2, 0) is 0 Å². The van der Waals surface area contributed by atoms with E-state index in [4.69, 9.17) is 0 Å². The van der Waals surface area contributed by atoms with Gasteiger partial charge < -0.3 is 15.1 Å². The summed E-state index contributed by atoms with van der Waals surface area (Å²) in [5, 5.41) is 16.9. The fraction of sp³-hybridized carbons (Fsp3) is 0.273. The molecule has 8 heteroatoms. The van der Waals surface area contributed by atoms with Crippen LogP contribution in [0.1, 0.15) is 27.0 Å². The summed E-state index contributed by atoms with van der Waals surface area (Å²) >= 11 is 0. The average molecular weight is 399 g/mol. The zero-order chi connectivity index (χ0) is 20.7. The van der Waals surface area contributed by atoms with E-state index in [1.807, 2.05) is 29.3 Å². The summed E-state index contributed by atoms with van der Waals surface area (Å²) < 4.78 is 1.74. The molecule has 5 heterocycles. The van der Waals surface area contributed by atoms with Gasteiger partial charge in [0, 0.05) is 50.7 Å². The molecule has 0 spiro atoms. The van der Waals surface area contributed by atoms with E-state index in [2.05, 4.69) is 39.5 Å². The second kappa shape index (κ2) is 7.28. The summed E-state index contributed by atoms with van der Waals surface area (Å²) in [6.45, 7) is 3.85. The van der Waals surface area contributed by atoms with E-state index in [0.717, 1.165) is 54.2 Å². The number of piperazine rings is 1. The Labute approximate surface area is 174 Å². The quantitative estimate of drug-likeness (QED) is 0.707. The number of carbonyl (C=O) groups is 1. The smallest absolute Gasteiger partial charge is 0.257 e. The maximum absolute atomic E-state index is 13.1.